The number of hydrogen-bond acceptors (Lipinski definition) is 5. The largest absolute Gasteiger partial charge is 0.378 e. The van der Waals surface area contributed by atoms with Gasteiger partial charge in [0.05, 0.1) is 0 Å². The Kier molecular flexibility index (Phi) is 6.88. The third kappa shape index (κ3) is 5.32. The summed E-state index contributed by atoms with van der Waals surface area (Å²) in [7, 11) is 2.69. The second kappa shape index (κ2) is 8.49. The van der Waals surface area contributed by atoms with Gasteiger partial charge in [0.25, 0.3) is 0 Å². The highest BCUT2D eigenvalue weighted by Gasteiger charge is 2.25. The van der Waals surface area contributed by atoms with Crippen LogP contribution in [-0.2, 0) is 10.0 Å². The van der Waals surface area contributed by atoms with E-state index in [1.54, 1.807) is 0 Å². The first-order valence-corrected chi connectivity index (χ1v) is 10.2. The molecule has 1 fully saturated rings. The van der Waals surface area contributed by atoms with Crippen molar-refractivity contribution >= 4 is 27.3 Å². The van der Waals surface area contributed by atoms with E-state index in [4.69, 9.17) is 11.6 Å². The normalized spacial score (nSPS) is 18.5. The van der Waals surface area contributed by atoms with Gasteiger partial charge in [-0.3, -0.25) is 4.90 Å². The van der Waals surface area contributed by atoms with Crippen molar-refractivity contribution < 1.29 is 8.42 Å². The average molecular weight is 375 g/mol. The summed E-state index contributed by atoms with van der Waals surface area (Å²) in [5, 5.41) is -0.415. The van der Waals surface area contributed by atoms with E-state index < -0.39 is 15.2 Å². The molecule has 1 aromatic carbocycles. The van der Waals surface area contributed by atoms with Gasteiger partial charge >= 0.3 is 0 Å². The quantitative estimate of drug-likeness (QED) is 0.726. The van der Waals surface area contributed by atoms with E-state index in [1.165, 1.54) is 0 Å². The van der Waals surface area contributed by atoms with E-state index in [9.17, 15) is 8.42 Å². The Balaban J connectivity index is 2.18. The highest BCUT2D eigenvalue weighted by molar-refractivity contribution is 7.90. The van der Waals surface area contributed by atoms with Crippen molar-refractivity contribution in [2.24, 2.45) is 0 Å². The van der Waals surface area contributed by atoms with Gasteiger partial charge in [-0.05, 0) is 24.7 Å². The van der Waals surface area contributed by atoms with Crippen LogP contribution in [-0.4, -0.2) is 77.3 Å². The molecule has 24 heavy (non-hydrogen) atoms. The molecule has 6 nitrogen and oxygen atoms in total. The smallest absolute Gasteiger partial charge is 0.225 e. The lowest BCUT2D eigenvalue weighted by Gasteiger charge is -2.38. The third-order valence-electron chi connectivity index (χ3n) is 4.41. The van der Waals surface area contributed by atoms with Gasteiger partial charge in [-0.1, -0.05) is 12.1 Å². The molecule has 0 amide bonds. The molecule has 1 saturated heterocycles. The lowest BCUT2D eigenvalue weighted by molar-refractivity contribution is 0.113. The molecule has 0 spiro atoms. The number of sulfonamides is 1. The van der Waals surface area contributed by atoms with E-state index in [-0.39, 0.29) is 6.04 Å². The molecule has 0 radical (unpaired) electrons. The maximum Gasteiger partial charge on any atom is 0.225 e. The topological polar surface area (TPSA) is 55.9 Å². The van der Waals surface area contributed by atoms with Gasteiger partial charge in [0, 0.05) is 58.5 Å². The summed E-state index contributed by atoms with van der Waals surface area (Å²) >= 11 is 5.51. The third-order valence-corrected chi connectivity index (χ3v) is 6.17. The molecule has 0 aromatic heterocycles. The minimum Gasteiger partial charge on any atom is -0.378 e. The predicted octanol–water partition coefficient (Wildman–Crippen LogP) is 1.16. The number of nitrogens with zero attached hydrogens (tertiary/aromatic N) is 3. The molecule has 0 saturated carbocycles. The van der Waals surface area contributed by atoms with Crippen molar-refractivity contribution in [2.75, 3.05) is 64.0 Å². The number of alkyl halides is 1. The van der Waals surface area contributed by atoms with Crippen LogP contribution in [0.4, 0.5) is 5.69 Å². The fourth-order valence-electron chi connectivity index (χ4n) is 2.83. The summed E-state index contributed by atoms with van der Waals surface area (Å²) in [4.78, 5) is 6.66. The number of benzene rings is 1. The average Bonchev–Trinajstić information content (AvgIpc) is 2.57. The number of likely N-dealkylation sites (N-methyl/N-ethyl adjacent to an activating group) is 1. The number of anilines is 1. The SMILES string of the molecule is CN1CCN([C@@H](CNS(=O)(=O)CCl)c2ccc(N(C)C)cc2)CC1. The van der Waals surface area contributed by atoms with Gasteiger partial charge in [0.15, 0.2) is 0 Å². The van der Waals surface area contributed by atoms with E-state index >= 15 is 0 Å². The van der Waals surface area contributed by atoms with Crippen molar-refractivity contribution in [3.05, 3.63) is 29.8 Å². The monoisotopic (exact) mass is 374 g/mol. The van der Waals surface area contributed by atoms with Crippen molar-refractivity contribution in [1.29, 1.82) is 0 Å². The molecule has 0 unspecified atom stereocenters. The lowest BCUT2D eigenvalue weighted by Crippen LogP contribution is -2.48. The molecule has 1 N–H and O–H groups in total. The molecule has 1 aliphatic rings. The van der Waals surface area contributed by atoms with Crippen LogP contribution in [0.15, 0.2) is 24.3 Å². The number of nitrogens with one attached hydrogen (secondary N) is 1. The van der Waals surface area contributed by atoms with E-state index in [0.717, 1.165) is 37.4 Å². The number of halogens is 1. The lowest BCUT2D eigenvalue weighted by atomic mass is 10.0. The second-order valence-electron chi connectivity index (χ2n) is 6.41. The summed E-state index contributed by atoms with van der Waals surface area (Å²) in [6.07, 6.45) is 0. The zero-order chi connectivity index (χ0) is 17.7. The van der Waals surface area contributed by atoms with Crippen LogP contribution in [0.3, 0.4) is 0 Å². The fraction of sp³-hybridized carbons (Fsp3) is 0.625. The van der Waals surface area contributed by atoms with Crippen LogP contribution in [0.5, 0.6) is 0 Å². The van der Waals surface area contributed by atoms with E-state index in [2.05, 4.69) is 45.8 Å². The molecule has 136 valence electrons. The van der Waals surface area contributed by atoms with E-state index in [1.807, 2.05) is 19.0 Å². The highest BCUT2D eigenvalue weighted by atomic mass is 35.5. The summed E-state index contributed by atoms with van der Waals surface area (Å²) in [5.41, 5.74) is 2.24. The minimum atomic E-state index is -3.42. The Hall–Kier alpha value is -0.860. The van der Waals surface area contributed by atoms with Crippen molar-refractivity contribution in [3.8, 4) is 0 Å². The fourth-order valence-corrected chi connectivity index (χ4v) is 3.55. The van der Waals surface area contributed by atoms with Crippen molar-refractivity contribution in [2.45, 2.75) is 6.04 Å². The maximum atomic E-state index is 11.7. The van der Waals surface area contributed by atoms with Crippen LogP contribution in [0.25, 0.3) is 0 Å². The standard InChI is InChI=1S/C16H27ClN4O2S/c1-19(2)15-6-4-14(5-7-15)16(12-18-24(22,23)13-17)21-10-8-20(3)9-11-21/h4-7,16,18H,8-13H2,1-3H3/t16-/m0/s1. The Morgan fingerprint density at radius 2 is 1.75 bits per heavy atom. The molecule has 1 aromatic rings. The van der Waals surface area contributed by atoms with E-state index in [0.29, 0.717) is 6.54 Å². The van der Waals surface area contributed by atoms with Crippen LogP contribution in [0, 0.1) is 0 Å². The predicted molar refractivity (Wildman–Crippen MR) is 100 cm³/mol. The van der Waals surface area contributed by atoms with Crippen LogP contribution in [0.1, 0.15) is 11.6 Å². The maximum absolute atomic E-state index is 11.7. The first kappa shape index (κ1) is 19.5. The molecular weight excluding hydrogens is 348 g/mol. The summed E-state index contributed by atoms with van der Waals surface area (Å²) in [6, 6.07) is 8.29. The molecule has 2 rings (SSSR count). The Morgan fingerprint density at radius 1 is 1.17 bits per heavy atom. The van der Waals surface area contributed by atoms with Gasteiger partial charge < -0.3 is 9.80 Å². The molecule has 1 aliphatic heterocycles. The molecular formula is C16H27ClN4O2S. The molecule has 1 atom stereocenters. The zero-order valence-corrected chi connectivity index (χ0v) is 16.1. The number of piperazine rings is 1. The van der Waals surface area contributed by atoms with Crippen LogP contribution < -0.4 is 9.62 Å². The van der Waals surface area contributed by atoms with Crippen molar-refractivity contribution in [3.63, 3.8) is 0 Å². The summed E-state index contributed by atoms with van der Waals surface area (Å²) in [5.74, 6) is 0. The zero-order valence-electron chi connectivity index (χ0n) is 14.6. The van der Waals surface area contributed by atoms with Gasteiger partial charge in [0.2, 0.25) is 10.0 Å². The first-order chi connectivity index (χ1) is 11.3. The Morgan fingerprint density at radius 3 is 2.25 bits per heavy atom. The first-order valence-electron chi connectivity index (χ1n) is 8.05. The van der Waals surface area contributed by atoms with Crippen LogP contribution >= 0.6 is 11.6 Å². The number of hydrogen-bond donors (Lipinski definition) is 1. The van der Waals surface area contributed by atoms with Gasteiger partial charge in [-0.25, -0.2) is 13.1 Å². The van der Waals surface area contributed by atoms with Gasteiger partial charge in [0.1, 0.15) is 5.21 Å². The summed E-state index contributed by atoms with van der Waals surface area (Å²) < 4.78 is 26.1. The highest BCUT2D eigenvalue weighted by Crippen LogP contribution is 2.24. The second-order valence-corrected chi connectivity index (χ2v) is 8.80. The number of rotatable bonds is 7. The molecule has 0 bridgehead atoms. The Labute approximate surface area is 150 Å². The minimum absolute atomic E-state index is 0.00732. The molecule has 0 aliphatic carbocycles. The molecule has 1 heterocycles. The van der Waals surface area contributed by atoms with Crippen LogP contribution in [0.2, 0.25) is 0 Å². The van der Waals surface area contributed by atoms with Crippen molar-refractivity contribution in [1.82, 2.24) is 14.5 Å². The summed E-state index contributed by atoms with van der Waals surface area (Å²) in [6.45, 7) is 4.13. The van der Waals surface area contributed by atoms with Gasteiger partial charge in [-0.15, -0.1) is 11.6 Å². The Bertz CT molecular complexity index is 613. The van der Waals surface area contributed by atoms with Gasteiger partial charge in [-0.2, -0.15) is 0 Å². The molecule has 8 heteroatoms.